The molecule has 3 N–H and O–H groups in total. The molecule has 0 radical (unpaired) electrons. The van der Waals surface area contributed by atoms with Gasteiger partial charge in [-0.3, -0.25) is 10.2 Å². The van der Waals surface area contributed by atoms with Gasteiger partial charge in [0, 0.05) is 13.1 Å². The van der Waals surface area contributed by atoms with Gasteiger partial charge in [-0.15, -0.1) is 0 Å². The predicted octanol–water partition coefficient (Wildman–Crippen LogP) is 1.50. The van der Waals surface area contributed by atoms with Gasteiger partial charge in [0.2, 0.25) is 0 Å². The Bertz CT molecular complexity index is 538. The summed E-state index contributed by atoms with van der Waals surface area (Å²) in [5.41, 5.74) is 8.78. The number of amides is 1. The van der Waals surface area contributed by atoms with Gasteiger partial charge >= 0.3 is 0 Å². The SMILES string of the molecule is NC(=S)/C(=N\Nc1ccc(F)cc1)C(=O)N1CCCC1. The number of carbonyl (C=O) groups is 1. The van der Waals surface area contributed by atoms with Crippen LogP contribution in [0, 0.1) is 5.82 Å². The van der Waals surface area contributed by atoms with Gasteiger partial charge in [0.25, 0.3) is 5.91 Å². The van der Waals surface area contributed by atoms with Crippen molar-refractivity contribution in [3.63, 3.8) is 0 Å². The number of nitrogens with one attached hydrogen (secondary N) is 1. The summed E-state index contributed by atoms with van der Waals surface area (Å²) in [5.74, 6) is -0.619. The van der Waals surface area contributed by atoms with Crippen LogP contribution in [0.3, 0.4) is 0 Å². The van der Waals surface area contributed by atoms with Gasteiger partial charge in [-0.1, -0.05) is 12.2 Å². The van der Waals surface area contributed by atoms with Gasteiger partial charge in [0.1, 0.15) is 10.8 Å². The fourth-order valence-electron chi connectivity index (χ4n) is 1.92. The van der Waals surface area contributed by atoms with E-state index in [1.165, 1.54) is 24.3 Å². The zero-order valence-electron chi connectivity index (χ0n) is 10.8. The average Bonchev–Trinajstić information content (AvgIpc) is 2.94. The van der Waals surface area contributed by atoms with Crippen LogP contribution in [0.4, 0.5) is 10.1 Å². The minimum atomic E-state index is -0.345. The van der Waals surface area contributed by atoms with Crippen LogP contribution < -0.4 is 11.2 Å². The van der Waals surface area contributed by atoms with E-state index in [4.69, 9.17) is 18.0 Å². The first-order valence-electron chi connectivity index (χ1n) is 6.26. The summed E-state index contributed by atoms with van der Waals surface area (Å²) in [6.07, 6.45) is 1.95. The number of benzene rings is 1. The Balaban J connectivity index is 2.11. The number of anilines is 1. The maximum absolute atomic E-state index is 12.8. The molecule has 0 bridgehead atoms. The monoisotopic (exact) mass is 294 g/mol. The molecule has 0 aliphatic carbocycles. The van der Waals surface area contributed by atoms with E-state index in [2.05, 4.69) is 10.5 Å². The minimum Gasteiger partial charge on any atom is -0.388 e. The Labute approximate surface area is 121 Å². The average molecular weight is 294 g/mol. The molecule has 1 aliphatic heterocycles. The fraction of sp³-hybridized carbons (Fsp3) is 0.308. The Morgan fingerprint density at radius 1 is 1.30 bits per heavy atom. The van der Waals surface area contributed by atoms with Crippen LogP contribution >= 0.6 is 12.2 Å². The summed E-state index contributed by atoms with van der Waals surface area (Å²) in [7, 11) is 0. The van der Waals surface area contributed by atoms with Gasteiger partial charge in [-0.2, -0.15) is 5.10 Å². The molecule has 0 aromatic heterocycles. The lowest BCUT2D eigenvalue weighted by Gasteiger charge is -2.15. The van der Waals surface area contributed by atoms with Gasteiger partial charge in [0.05, 0.1) is 5.69 Å². The number of hydrazone groups is 1. The summed E-state index contributed by atoms with van der Waals surface area (Å²) in [6.45, 7) is 1.38. The van der Waals surface area contributed by atoms with Gasteiger partial charge in [-0.25, -0.2) is 4.39 Å². The molecule has 1 heterocycles. The highest BCUT2D eigenvalue weighted by Crippen LogP contribution is 2.10. The highest BCUT2D eigenvalue weighted by molar-refractivity contribution is 7.82. The number of likely N-dealkylation sites (tertiary alicyclic amines) is 1. The second kappa shape index (κ2) is 6.42. The Morgan fingerprint density at radius 3 is 2.45 bits per heavy atom. The standard InChI is InChI=1S/C13H15FN4OS/c14-9-3-5-10(6-4-9)16-17-11(12(15)20)13(19)18-7-1-2-8-18/h3-6,16H,1-2,7-8H2,(H2,15,20)/b17-11+. The molecule has 7 heteroatoms. The molecule has 1 amide bonds. The van der Waals surface area contributed by atoms with Gasteiger partial charge < -0.3 is 10.6 Å². The van der Waals surface area contributed by atoms with Gasteiger partial charge in [0.15, 0.2) is 5.71 Å². The van der Waals surface area contributed by atoms with Crippen LogP contribution in [-0.4, -0.2) is 34.6 Å². The zero-order valence-corrected chi connectivity index (χ0v) is 11.6. The quantitative estimate of drug-likeness (QED) is 0.501. The van der Waals surface area contributed by atoms with Crippen LogP contribution in [0.15, 0.2) is 29.4 Å². The van der Waals surface area contributed by atoms with E-state index in [1.807, 2.05) is 0 Å². The summed E-state index contributed by atoms with van der Waals surface area (Å²) < 4.78 is 12.8. The van der Waals surface area contributed by atoms with E-state index in [9.17, 15) is 9.18 Å². The third-order valence-electron chi connectivity index (χ3n) is 2.97. The van der Waals surface area contributed by atoms with Crippen LogP contribution in [0.25, 0.3) is 0 Å². The van der Waals surface area contributed by atoms with E-state index in [0.717, 1.165) is 12.8 Å². The number of nitrogens with two attached hydrogens (primary N) is 1. The van der Waals surface area contributed by atoms with Gasteiger partial charge in [-0.05, 0) is 37.1 Å². The van der Waals surface area contributed by atoms with Crippen molar-refractivity contribution in [2.24, 2.45) is 10.8 Å². The Hall–Kier alpha value is -2.02. The first kappa shape index (κ1) is 14.4. The summed E-state index contributed by atoms with van der Waals surface area (Å²) in [5, 5.41) is 3.95. The molecular formula is C13H15FN4OS. The van der Waals surface area contributed by atoms with Crippen LogP contribution in [0.5, 0.6) is 0 Å². The largest absolute Gasteiger partial charge is 0.388 e. The van der Waals surface area contributed by atoms with Crippen molar-refractivity contribution in [2.75, 3.05) is 18.5 Å². The number of carbonyl (C=O) groups excluding carboxylic acids is 1. The highest BCUT2D eigenvalue weighted by atomic mass is 32.1. The van der Waals surface area contributed by atoms with Crippen LogP contribution in [-0.2, 0) is 4.79 Å². The smallest absolute Gasteiger partial charge is 0.277 e. The topological polar surface area (TPSA) is 70.7 Å². The third kappa shape index (κ3) is 3.51. The molecule has 1 aromatic carbocycles. The van der Waals surface area contributed by atoms with Crippen molar-refractivity contribution in [3.8, 4) is 0 Å². The highest BCUT2D eigenvalue weighted by Gasteiger charge is 2.24. The Kier molecular flexibility index (Phi) is 4.62. The van der Waals surface area contributed by atoms with Crippen molar-refractivity contribution in [1.82, 2.24) is 4.90 Å². The van der Waals surface area contributed by atoms with Crippen molar-refractivity contribution in [1.29, 1.82) is 0 Å². The lowest BCUT2D eigenvalue weighted by atomic mass is 10.3. The maximum Gasteiger partial charge on any atom is 0.277 e. The van der Waals surface area contributed by atoms with E-state index in [0.29, 0.717) is 18.8 Å². The molecule has 5 nitrogen and oxygen atoms in total. The molecule has 2 rings (SSSR count). The molecule has 0 spiro atoms. The number of halogens is 1. The fourth-order valence-corrected chi connectivity index (χ4v) is 2.06. The van der Waals surface area contributed by atoms with E-state index in [1.54, 1.807) is 4.90 Å². The number of nitrogens with zero attached hydrogens (tertiary/aromatic N) is 2. The lowest BCUT2D eigenvalue weighted by molar-refractivity contribution is -0.122. The minimum absolute atomic E-state index is 0.0197. The molecule has 1 aromatic rings. The summed E-state index contributed by atoms with van der Waals surface area (Å²) >= 11 is 4.86. The summed E-state index contributed by atoms with van der Waals surface area (Å²) in [6, 6.07) is 5.61. The van der Waals surface area contributed by atoms with Crippen LogP contribution in [0.2, 0.25) is 0 Å². The molecule has 0 saturated carbocycles. The molecule has 0 atom stereocenters. The lowest BCUT2D eigenvalue weighted by Crippen LogP contribution is -2.40. The van der Waals surface area contributed by atoms with Crippen molar-refractivity contribution < 1.29 is 9.18 Å². The molecule has 1 aliphatic rings. The molecule has 1 saturated heterocycles. The normalized spacial score (nSPS) is 15.2. The maximum atomic E-state index is 12.8. The molecule has 1 fully saturated rings. The van der Waals surface area contributed by atoms with E-state index >= 15 is 0 Å². The second-order valence-electron chi connectivity index (χ2n) is 4.44. The first-order chi connectivity index (χ1) is 9.58. The number of rotatable bonds is 4. The molecular weight excluding hydrogens is 279 g/mol. The molecule has 0 unspecified atom stereocenters. The zero-order chi connectivity index (χ0) is 14.5. The first-order valence-corrected chi connectivity index (χ1v) is 6.67. The molecule has 20 heavy (non-hydrogen) atoms. The summed E-state index contributed by atoms with van der Waals surface area (Å²) in [4.78, 5) is 13.8. The van der Waals surface area contributed by atoms with Crippen molar-refractivity contribution in [3.05, 3.63) is 30.1 Å². The van der Waals surface area contributed by atoms with Crippen LogP contribution in [0.1, 0.15) is 12.8 Å². The van der Waals surface area contributed by atoms with E-state index < -0.39 is 0 Å². The third-order valence-corrected chi connectivity index (χ3v) is 3.16. The van der Waals surface area contributed by atoms with Crippen molar-refractivity contribution in [2.45, 2.75) is 12.8 Å². The molecule has 106 valence electrons. The van der Waals surface area contributed by atoms with Crippen molar-refractivity contribution >= 4 is 34.5 Å². The second-order valence-corrected chi connectivity index (χ2v) is 4.88. The van der Waals surface area contributed by atoms with E-state index in [-0.39, 0.29) is 22.4 Å². The number of hydrogen-bond donors (Lipinski definition) is 2. The predicted molar refractivity (Wildman–Crippen MR) is 80.1 cm³/mol. The Morgan fingerprint density at radius 2 is 1.90 bits per heavy atom. The number of hydrogen-bond acceptors (Lipinski definition) is 4. The number of thiocarbonyl (C=S) groups is 1.